The maximum Gasteiger partial charge on any atom is 0.296 e. The number of nitro benzene ring substituents is 1. The first kappa shape index (κ1) is 27.6. The summed E-state index contributed by atoms with van der Waals surface area (Å²) in [4.78, 5) is 26.0. The summed E-state index contributed by atoms with van der Waals surface area (Å²) in [6.07, 6.45) is 1.73. The predicted molar refractivity (Wildman–Crippen MR) is 144 cm³/mol. The highest BCUT2D eigenvalue weighted by molar-refractivity contribution is 7.86. The second-order valence-corrected chi connectivity index (χ2v) is 11.1. The molecule has 0 radical (unpaired) electrons. The number of nitrogens with zero attached hydrogens (tertiary/aromatic N) is 2. The van der Waals surface area contributed by atoms with Gasteiger partial charge < -0.3 is 9.64 Å². The first-order valence-electron chi connectivity index (χ1n) is 12.0. The second-order valence-electron chi connectivity index (χ2n) is 9.02. The molecule has 0 N–H and O–H groups in total. The number of hydrogen-bond acceptors (Lipinski definition) is 7. The summed E-state index contributed by atoms with van der Waals surface area (Å²) < 4.78 is 35.9. The summed E-state index contributed by atoms with van der Waals surface area (Å²) in [5, 5.41) is 11.7. The summed E-state index contributed by atoms with van der Waals surface area (Å²) in [5.41, 5.74) is 2.41. The SMILES string of the molecule is COc1cc([N+](=O)[O-])ccc1C(=O)N1CCCC(CCOS(=O)(=O)c2ccc(C)cc2)c2cc(Cl)ccc21. The molecule has 0 bridgehead atoms. The maximum absolute atomic E-state index is 13.6. The molecule has 3 aromatic carbocycles. The molecule has 1 aliphatic heterocycles. The molecule has 38 heavy (non-hydrogen) atoms. The zero-order chi connectivity index (χ0) is 27.4. The van der Waals surface area contributed by atoms with Gasteiger partial charge in [0.2, 0.25) is 0 Å². The maximum atomic E-state index is 13.6. The lowest BCUT2D eigenvalue weighted by atomic mass is 9.91. The number of benzene rings is 3. The van der Waals surface area contributed by atoms with Crippen LogP contribution < -0.4 is 9.64 Å². The molecule has 1 heterocycles. The Bertz CT molecular complexity index is 1460. The molecule has 3 aromatic rings. The third-order valence-corrected chi connectivity index (χ3v) is 8.10. The van der Waals surface area contributed by atoms with E-state index in [0.29, 0.717) is 36.5 Å². The minimum atomic E-state index is -3.90. The second kappa shape index (κ2) is 11.5. The number of amides is 1. The third kappa shape index (κ3) is 5.98. The first-order chi connectivity index (χ1) is 18.1. The van der Waals surface area contributed by atoms with Crippen LogP contribution in [0, 0.1) is 17.0 Å². The van der Waals surface area contributed by atoms with E-state index < -0.39 is 15.0 Å². The molecule has 200 valence electrons. The lowest BCUT2D eigenvalue weighted by molar-refractivity contribution is -0.384. The zero-order valence-corrected chi connectivity index (χ0v) is 22.5. The summed E-state index contributed by atoms with van der Waals surface area (Å²) in [7, 11) is -2.55. The van der Waals surface area contributed by atoms with E-state index in [4.69, 9.17) is 20.5 Å². The van der Waals surface area contributed by atoms with Crippen molar-refractivity contribution in [2.45, 2.75) is 37.0 Å². The fraction of sp³-hybridized carbons (Fsp3) is 0.296. The van der Waals surface area contributed by atoms with Crippen LogP contribution >= 0.6 is 11.6 Å². The minimum absolute atomic E-state index is 0.0308. The zero-order valence-electron chi connectivity index (χ0n) is 20.9. The van der Waals surface area contributed by atoms with Gasteiger partial charge in [-0.2, -0.15) is 8.42 Å². The van der Waals surface area contributed by atoms with E-state index in [1.807, 2.05) is 6.92 Å². The molecule has 0 fully saturated rings. The average molecular weight is 559 g/mol. The van der Waals surface area contributed by atoms with Gasteiger partial charge in [-0.1, -0.05) is 29.3 Å². The van der Waals surface area contributed by atoms with Crippen LogP contribution in [0.15, 0.2) is 65.6 Å². The van der Waals surface area contributed by atoms with Crippen LogP contribution in [0.4, 0.5) is 11.4 Å². The number of fused-ring (bicyclic) bond motifs is 1. The van der Waals surface area contributed by atoms with Crippen molar-refractivity contribution in [2.24, 2.45) is 0 Å². The Morgan fingerprint density at radius 2 is 1.87 bits per heavy atom. The number of carbonyl (C=O) groups excluding carboxylic acids is 1. The molecule has 1 aliphatic rings. The molecule has 11 heteroatoms. The van der Waals surface area contributed by atoms with Gasteiger partial charge in [-0.3, -0.25) is 19.1 Å². The molecule has 4 rings (SSSR count). The van der Waals surface area contributed by atoms with Gasteiger partial charge in [0.1, 0.15) is 5.75 Å². The summed E-state index contributed by atoms with van der Waals surface area (Å²) in [5.74, 6) is -0.358. The number of hydrogen-bond donors (Lipinski definition) is 0. The largest absolute Gasteiger partial charge is 0.496 e. The number of anilines is 1. The van der Waals surface area contributed by atoms with Crippen molar-refractivity contribution in [3.63, 3.8) is 0 Å². The fourth-order valence-corrected chi connectivity index (χ4v) is 5.67. The van der Waals surface area contributed by atoms with E-state index in [9.17, 15) is 23.3 Å². The standard InChI is InChI=1S/C27H27ClN2O7S/c1-18-5-9-22(10-6-18)38(34,35)37-15-13-19-4-3-14-29(25-12-7-20(28)16-24(19)25)27(31)23-11-8-21(30(32)33)17-26(23)36-2/h5-12,16-17,19H,3-4,13-15H2,1-2H3. The number of ether oxygens (including phenoxy) is 1. The van der Waals surface area contributed by atoms with E-state index in [1.165, 1.54) is 37.4 Å². The smallest absolute Gasteiger partial charge is 0.296 e. The molecule has 1 atom stereocenters. The number of halogens is 1. The first-order valence-corrected chi connectivity index (χ1v) is 13.8. The highest BCUT2D eigenvalue weighted by Crippen LogP contribution is 2.39. The minimum Gasteiger partial charge on any atom is -0.496 e. The van der Waals surface area contributed by atoms with Gasteiger partial charge in [-0.15, -0.1) is 0 Å². The predicted octanol–water partition coefficient (Wildman–Crippen LogP) is 5.89. The van der Waals surface area contributed by atoms with Crippen molar-refractivity contribution in [3.05, 3.63) is 92.5 Å². The fourth-order valence-electron chi connectivity index (χ4n) is 4.57. The number of rotatable bonds is 8. The van der Waals surface area contributed by atoms with Gasteiger partial charge in [0, 0.05) is 23.3 Å². The monoisotopic (exact) mass is 558 g/mol. The van der Waals surface area contributed by atoms with E-state index in [1.54, 1.807) is 35.2 Å². The van der Waals surface area contributed by atoms with E-state index in [2.05, 4.69) is 0 Å². The van der Waals surface area contributed by atoms with Gasteiger partial charge in [-0.25, -0.2) is 0 Å². The van der Waals surface area contributed by atoms with Crippen molar-refractivity contribution in [2.75, 3.05) is 25.2 Å². The Morgan fingerprint density at radius 3 is 2.55 bits per heavy atom. The molecular weight excluding hydrogens is 532 g/mol. The van der Waals surface area contributed by atoms with Gasteiger partial charge >= 0.3 is 0 Å². The number of aryl methyl sites for hydroxylation is 1. The van der Waals surface area contributed by atoms with Crippen LogP contribution in [0.25, 0.3) is 0 Å². The Balaban J connectivity index is 1.58. The van der Waals surface area contributed by atoms with Crippen molar-refractivity contribution < 1.29 is 27.1 Å². The van der Waals surface area contributed by atoms with E-state index >= 15 is 0 Å². The molecule has 1 unspecified atom stereocenters. The molecule has 1 amide bonds. The molecule has 0 aliphatic carbocycles. The number of nitro groups is 1. The van der Waals surface area contributed by atoms with Gasteiger partial charge in [0.15, 0.2) is 0 Å². The van der Waals surface area contributed by atoms with Crippen LogP contribution in [-0.2, 0) is 14.3 Å². The molecule has 0 aromatic heterocycles. The van der Waals surface area contributed by atoms with Crippen molar-refractivity contribution in [1.29, 1.82) is 0 Å². The Hall–Kier alpha value is -3.47. The normalized spacial score (nSPS) is 15.4. The van der Waals surface area contributed by atoms with Crippen LogP contribution in [-0.4, -0.2) is 39.5 Å². The van der Waals surface area contributed by atoms with Crippen molar-refractivity contribution in [3.8, 4) is 5.75 Å². The van der Waals surface area contributed by atoms with Crippen LogP contribution in [0.1, 0.15) is 46.7 Å². The quantitative estimate of drug-likeness (QED) is 0.192. The highest BCUT2D eigenvalue weighted by atomic mass is 35.5. The lowest BCUT2D eigenvalue weighted by Gasteiger charge is -2.25. The number of carbonyl (C=O) groups is 1. The Labute approximate surface area is 226 Å². The number of methoxy groups -OCH3 is 1. The molecule has 0 saturated carbocycles. The van der Waals surface area contributed by atoms with E-state index in [-0.39, 0.29) is 40.3 Å². The molecular formula is C27H27ClN2O7S. The van der Waals surface area contributed by atoms with Crippen molar-refractivity contribution >= 4 is 39.0 Å². The van der Waals surface area contributed by atoms with Crippen molar-refractivity contribution in [1.82, 2.24) is 0 Å². The van der Waals surface area contributed by atoms with Crippen LogP contribution in [0.3, 0.4) is 0 Å². The molecule has 9 nitrogen and oxygen atoms in total. The van der Waals surface area contributed by atoms with Gasteiger partial charge in [-0.05, 0) is 74.1 Å². The topological polar surface area (TPSA) is 116 Å². The summed E-state index contributed by atoms with van der Waals surface area (Å²) in [6.45, 7) is 2.24. The van der Waals surface area contributed by atoms with Crippen LogP contribution in [0.5, 0.6) is 5.75 Å². The summed E-state index contributed by atoms with van der Waals surface area (Å²) >= 11 is 6.32. The summed E-state index contributed by atoms with van der Waals surface area (Å²) in [6, 6.07) is 15.6. The third-order valence-electron chi connectivity index (χ3n) is 6.54. The van der Waals surface area contributed by atoms with Crippen LogP contribution in [0.2, 0.25) is 5.02 Å². The number of non-ortho nitro benzene ring substituents is 1. The Morgan fingerprint density at radius 1 is 1.13 bits per heavy atom. The van der Waals surface area contributed by atoms with Gasteiger partial charge in [0.25, 0.3) is 21.7 Å². The van der Waals surface area contributed by atoms with E-state index in [0.717, 1.165) is 11.1 Å². The highest BCUT2D eigenvalue weighted by Gasteiger charge is 2.30. The molecule has 0 saturated heterocycles. The van der Waals surface area contributed by atoms with Gasteiger partial charge in [0.05, 0.1) is 35.2 Å². The Kier molecular flexibility index (Phi) is 8.35. The molecule has 0 spiro atoms. The lowest BCUT2D eigenvalue weighted by Crippen LogP contribution is -2.32. The average Bonchev–Trinajstić information content (AvgIpc) is 3.07.